The van der Waals surface area contributed by atoms with Crippen LogP contribution in [0.2, 0.25) is 0 Å². The van der Waals surface area contributed by atoms with Crippen LogP contribution in [-0.2, 0) is 6.54 Å². The molecule has 0 aliphatic heterocycles. The average Bonchev–Trinajstić information content (AvgIpc) is 3.41. The van der Waals surface area contributed by atoms with Gasteiger partial charge in [-0.25, -0.2) is 0 Å². The molecule has 0 radical (unpaired) electrons. The van der Waals surface area contributed by atoms with E-state index in [1.807, 2.05) is 6.92 Å². The van der Waals surface area contributed by atoms with Crippen LogP contribution >= 0.6 is 0 Å². The SMILES string of the molecule is CCCN(Cc1cc(C(=O)NCC2CC2)no1)C(=O)c1cccc(OC)c1. The highest BCUT2D eigenvalue weighted by molar-refractivity contribution is 5.94. The minimum atomic E-state index is -0.238. The van der Waals surface area contributed by atoms with Crippen molar-refractivity contribution in [1.29, 1.82) is 0 Å². The highest BCUT2D eigenvalue weighted by Gasteiger charge is 2.23. The van der Waals surface area contributed by atoms with E-state index in [1.54, 1.807) is 42.3 Å². The van der Waals surface area contributed by atoms with Crippen molar-refractivity contribution >= 4 is 11.8 Å². The number of amides is 2. The summed E-state index contributed by atoms with van der Waals surface area (Å²) in [6.45, 7) is 3.51. The van der Waals surface area contributed by atoms with Gasteiger partial charge in [0.05, 0.1) is 13.7 Å². The van der Waals surface area contributed by atoms with E-state index < -0.39 is 0 Å². The van der Waals surface area contributed by atoms with Gasteiger partial charge in [0, 0.05) is 24.7 Å². The zero-order valence-electron chi connectivity index (χ0n) is 15.7. The van der Waals surface area contributed by atoms with Crippen LogP contribution in [0, 0.1) is 5.92 Å². The molecule has 27 heavy (non-hydrogen) atoms. The second-order valence-corrected chi connectivity index (χ2v) is 6.79. The van der Waals surface area contributed by atoms with Crippen LogP contribution in [0.5, 0.6) is 5.75 Å². The molecule has 1 fully saturated rings. The molecule has 0 saturated heterocycles. The molecule has 0 atom stereocenters. The Labute approximate surface area is 158 Å². The largest absolute Gasteiger partial charge is 0.497 e. The predicted octanol–water partition coefficient (Wildman–Crippen LogP) is 2.88. The normalized spacial score (nSPS) is 13.3. The molecule has 2 amide bonds. The van der Waals surface area contributed by atoms with Crippen LogP contribution in [0.1, 0.15) is 52.8 Å². The number of rotatable bonds is 9. The molecule has 0 bridgehead atoms. The zero-order valence-corrected chi connectivity index (χ0v) is 15.7. The van der Waals surface area contributed by atoms with Crippen LogP contribution in [0.4, 0.5) is 0 Å². The molecule has 1 aromatic heterocycles. The summed E-state index contributed by atoms with van der Waals surface area (Å²) < 4.78 is 10.5. The van der Waals surface area contributed by atoms with Gasteiger partial charge in [-0.15, -0.1) is 0 Å². The van der Waals surface area contributed by atoms with Crippen molar-refractivity contribution in [2.75, 3.05) is 20.2 Å². The van der Waals surface area contributed by atoms with Crippen molar-refractivity contribution in [3.8, 4) is 5.75 Å². The van der Waals surface area contributed by atoms with Crippen molar-refractivity contribution in [2.24, 2.45) is 5.92 Å². The Morgan fingerprint density at radius 2 is 2.15 bits per heavy atom. The standard InChI is InChI=1S/C20H25N3O4/c1-3-9-23(20(25)15-5-4-6-16(10-15)26-2)13-17-11-18(22-27-17)19(24)21-12-14-7-8-14/h4-6,10-11,14H,3,7-9,12-13H2,1-2H3,(H,21,24). The predicted molar refractivity (Wildman–Crippen MR) is 99.6 cm³/mol. The van der Waals surface area contributed by atoms with Gasteiger partial charge in [-0.2, -0.15) is 0 Å². The monoisotopic (exact) mass is 371 g/mol. The second kappa shape index (κ2) is 8.70. The molecule has 0 unspecified atom stereocenters. The fourth-order valence-electron chi connectivity index (χ4n) is 2.79. The molecule has 7 heteroatoms. The lowest BCUT2D eigenvalue weighted by Gasteiger charge is -2.21. The number of ether oxygens (including phenoxy) is 1. The quantitative estimate of drug-likeness (QED) is 0.733. The summed E-state index contributed by atoms with van der Waals surface area (Å²) in [5.74, 6) is 1.36. The Morgan fingerprint density at radius 1 is 1.33 bits per heavy atom. The summed E-state index contributed by atoms with van der Waals surface area (Å²) in [6, 6.07) is 8.65. The molecule has 7 nitrogen and oxygen atoms in total. The average molecular weight is 371 g/mol. The Balaban J connectivity index is 1.66. The lowest BCUT2D eigenvalue weighted by atomic mass is 10.1. The van der Waals surface area contributed by atoms with Gasteiger partial charge in [-0.3, -0.25) is 9.59 Å². The summed E-state index contributed by atoms with van der Waals surface area (Å²) in [5.41, 5.74) is 0.792. The number of hydrogen-bond donors (Lipinski definition) is 1. The van der Waals surface area contributed by atoms with Gasteiger partial charge in [0.2, 0.25) is 0 Å². The molecule has 144 valence electrons. The van der Waals surface area contributed by atoms with Crippen molar-refractivity contribution in [2.45, 2.75) is 32.7 Å². The first-order valence-corrected chi connectivity index (χ1v) is 9.27. The van der Waals surface area contributed by atoms with E-state index >= 15 is 0 Å². The molecule has 1 saturated carbocycles. The maximum absolute atomic E-state index is 12.9. The van der Waals surface area contributed by atoms with E-state index in [4.69, 9.17) is 9.26 Å². The molecular weight excluding hydrogens is 346 g/mol. The van der Waals surface area contributed by atoms with E-state index in [0.717, 1.165) is 6.42 Å². The Hall–Kier alpha value is -2.83. The third-order valence-electron chi connectivity index (χ3n) is 4.48. The van der Waals surface area contributed by atoms with E-state index in [-0.39, 0.29) is 24.1 Å². The molecule has 1 aromatic carbocycles. The number of hydrogen-bond acceptors (Lipinski definition) is 5. The number of aromatic nitrogens is 1. The minimum Gasteiger partial charge on any atom is -0.497 e. The highest BCUT2D eigenvalue weighted by atomic mass is 16.5. The summed E-state index contributed by atoms with van der Waals surface area (Å²) in [6.07, 6.45) is 3.14. The highest BCUT2D eigenvalue weighted by Crippen LogP contribution is 2.27. The van der Waals surface area contributed by atoms with Gasteiger partial charge in [0.25, 0.3) is 11.8 Å². The fraction of sp³-hybridized carbons (Fsp3) is 0.450. The first-order valence-electron chi connectivity index (χ1n) is 9.27. The number of benzene rings is 1. The number of nitrogens with zero attached hydrogens (tertiary/aromatic N) is 2. The topological polar surface area (TPSA) is 84.7 Å². The summed E-state index contributed by atoms with van der Waals surface area (Å²) in [7, 11) is 1.57. The number of nitrogens with one attached hydrogen (secondary N) is 1. The lowest BCUT2D eigenvalue weighted by molar-refractivity contribution is 0.0726. The minimum absolute atomic E-state index is 0.119. The van der Waals surface area contributed by atoms with Gasteiger partial charge in [-0.05, 0) is 43.4 Å². The van der Waals surface area contributed by atoms with Gasteiger partial charge in [0.15, 0.2) is 11.5 Å². The maximum atomic E-state index is 12.9. The van der Waals surface area contributed by atoms with Crippen molar-refractivity contribution in [3.05, 3.63) is 47.3 Å². The number of carbonyl (C=O) groups excluding carboxylic acids is 2. The van der Waals surface area contributed by atoms with Crippen molar-refractivity contribution in [1.82, 2.24) is 15.4 Å². The zero-order chi connectivity index (χ0) is 19.2. The van der Waals surface area contributed by atoms with Crippen molar-refractivity contribution < 1.29 is 18.8 Å². The molecule has 2 aromatic rings. The van der Waals surface area contributed by atoms with E-state index in [0.29, 0.717) is 36.1 Å². The number of carbonyl (C=O) groups is 2. The molecule has 1 N–H and O–H groups in total. The van der Waals surface area contributed by atoms with E-state index in [9.17, 15) is 9.59 Å². The molecule has 1 aliphatic rings. The van der Waals surface area contributed by atoms with E-state index in [1.165, 1.54) is 12.8 Å². The van der Waals surface area contributed by atoms with Crippen LogP contribution in [0.3, 0.4) is 0 Å². The molecular formula is C20H25N3O4. The summed E-state index contributed by atoms with van der Waals surface area (Å²) in [5, 5.41) is 6.70. The van der Waals surface area contributed by atoms with Gasteiger partial charge < -0.3 is 19.5 Å². The Bertz CT molecular complexity index is 798. The van der Waals surface area contributed by atoms with Crippen LogP contribution in [-0.4, -0.2) is 42.1 Å². The fourth-order valence-corrected chi connectivity index (χ4v) is 2.79. The third-order valence-corrected chi connectivity index (χ3v) is 4.48. The Kier molecular flexibility index (Phi) is 6.11. The molecule has 3 rings (SSSR count). The molecule has 1 heterocycles. The first kappa shape index (κ1) is 18.9. The van der Waals surface area contributed by atoms with Gasteiger partial charge in [-0.1, -0.05) is 18.1 Å². The smallest absolute Gasteiger partial charge is 0.273 e. The van der Waals surface area contributed by atoms with Crippen LogP contribution in [0.25, 0.3) is 0 Å². The van der Waals surface area contributed by atoms with Crippen LogP contribution < -0.4 is 10.1 Å². The van der Waals surface area contributed by atoms with E-state index in [2.05, 4.69) is 10.5 Å². The second-order valence-electron chi connectivity index (χ2n) is 6.79. The lowest BCUT2D eigenvalue weighted by Crippen LogP contribution is -2.31. The van der Waals surface area contributed by atoms with Crippen molar-refractivity contribution in [3.63, 3.8) is 0 Å². The summed E-state index contributed by atoms with van der Waals surface area (Å²) in [4.78, 5) is 26.6. The van der Waals surface area contributed by atoms with Gasteiger partial charge in [0.1, 0.15) is 5.75 Å². The number of methoxy groups -OCH3 is 1. The maximum Gasteiger partial charge on any atom is 0.273 e. The first-order chi connectivity index (χ1) is 13.1. The van der Waals surface area contributed by atoms with Gasteiger partial charge >= 0.3 is 0 Å². The molecule has 0 spiro atoms. The van der Waals surface area contributed by atoms with Crippen LogP contribution in [0.15, 0.2) is 34.9 Å². The summed E-state index contributed by atoms with van der Waals surface area (Å²) >= 11 is 0. The molecule has 1 aliphatic carbocycles. The third kappa shape index (κ3) is 5.09. The Morgan fingerprint density at radius 3 is 2.85 bits per heavy atom.